The van der Waals surface area contributed by atoms with E-state index in [4.69, 9.17) is 60.6 Å². The Bertz CT molecular complexity index is 478. The second kappa shape index (κ2) is 10.1. The molecule has 0 heterocycles. The third kappa shape index (κ3) is 7.25. The van der Waals surface area contributed by atoms with E-state index >= 15 is 0 Å². The lowest BCUT2D eigenvalue weighted by Gasteiger charge is -2.12. The van der Waals surface area contributed by atoms with Gasteiger partial charge in [0.05, 0.1) is 16.7 Å². The standard InChI is InChI=1S/C13H12Cl4O4/c14-10-7-9(20-3-1-12(16)17)8-11(15)13(10)21-6-5-19-4-2-18/h1-2,7-8H,3-6H2. The van der Waals surface area contributed by atoms with Crippen LogP contribution < -0.4 is 9.47 Å². The molecule has 0 bridgehead atoms. The van der Waals surface area contributed by atoms with Crippen molar-refractivity contribution in [2.24, 2.45) is 0 Å². The van der Waals surface area contributed by atoms with E-state index in [9.17, 15) is 4.79 Å². The predicted molar refractivity (Wildman–Crippen MR) is 84.1 cm³/mol. The lowest BCUT2D eigenvalue weighted by atomic mass is 10.3. The summed E-state index contributed by atoms with van der Waals surface area (Å²) in [7, 11) is 0. The Labute approximate surface area is 142 Å². The Kier molecular flexibility index (Phi) is 8.88. The highest BCUT2D eigenvalue weighted by atomic mass is 35.5. The van der Waals surface area contributed by atoms with E-state index in [1.54, 1.807) is 12.1 Å². The van der Waals surface area contributed by atoms with E-state index < -0.39 is 0 Å². The zero-order valence-electron chi connectivity index (χ0n) is 10.8. The maximum atomic E-state index is 10.1. The van der Waals surface area contributed by atoms with E-state index in [0.717, 1.165) is 0 Å². The Hall–Kier alpha value is -0.650. The van der Waals surface area contributed by atoms with Crippen LogP contribution in [0.25, 0.3) is 0 Å². The molecule has 116 valence electrons. The van der Waals surface area contributed by atoms with E-state index in [0.29, 0.717) is 27.8 Å². The lowest BCUT2D eigenvalue weighted by molar-refractivity contribution is -0.112. The average Bonchev–Trinajstić information content (AvgIpc) is 2.40. The number of rotatable bonds is 9. The molecule has 1 aromatic rings. The van der Waals surface area contributed by atoms with Gasteiger partial charge in [0.1, 0.15) is 36.3 Å². The highest BCUT2D eigenvalue weighted by molar-refractivity contribution is 6.55. The molecule has 0 aliphatic rings. The number of hydrogen-bond acceptors (Lipinski definition) is 4. The number of hydrogen-bond donors (Lipinski definition) is 0. The number of aldehydes is 1. The normalized spacial score (nSPS) is 10.1. The monoisotopic (exact) mass is 372 g/mol. The van der Waals surface area contributed by atoms with Crippen LogP contribution in [0.5, 0.6) is 11.5 Å². The zero-order chi connectivity index (χ0) is 15.7. The first-order chi connectivity index (χ1) is 10.0. The van der Waals surface area contributed by atoms with Gasteiger partial charge in [-0.2, -0.15) is 0 Å². The van der Waals surface area contributed by atoms with Crippen molar-refractivity contribution < 1.29 is 19.0 Å². The van der Waals surface area contributed by atoms with Gasteiger partial charge in [-0.25, -0.2) is 0 Å². The fourth-order valence-corrected chi connectivity index (χ4v) is 1.99. The molecule has 0 aliphatic carbocycles. The van der Waals surface area contributed by atoms with Gasteiger partial charge in [0, 0.05) is 12.1 Å². The molecule has 21 heavy (non-hydrogen) atoms. The number of ether oxygens (including phenoxy) is 3. The first kappa shape index (κ1) is 18.4. The SMILES string of the molecule is O=CCOCCOc1c(Cl)cc(OCC=C(Cl)Cl)cc1Cl. The Morgan fingerprint density at radius 3 is 2.29 bits per heavy atom. The van der Waals surface area contributed by atoms with Gasteiger partial charge in [0.2, 0.25) is 0 Å². The Morgan fingerprint density at radius 2 is 1.71 bits per heavy atom. The number of carbonyl (C=O) groups excluding carboxylic acids is 1. The minimum Gasteiger partial charge on any atom is -0.489 e. The van der Waals surface area contributed by atoms with Crippen LogP contribution in [0.4, 0.5) is 0 Å². The van der Waals surface area contributed by atoms with Crippen LogP contribution >= 0.6 is 46.4 Å². The number of benzene rings is 1. The maximum Gasteiger partial charge on any atom is 0.156 e. The Morgan fingerprint density at radius 1 is 1.05 bits per heavy atom. The fourth-order valence-electron chi connectivity index (χ4n) is 1.29. The molecule has 0 saturated carbocycles. The summed E-state index contributed by atoms with van der Waals surface area (Å²) in [5.41, 5.74) is 0. The molecule has 0 atom stereocenters. The van der Waals surface area contributed by atoms with Gasteiger partial charge in [0.25, 0.3) is 0 Å². The largest absolute Gasteiger partial charge is 0.489 e. The summed E-state index contributed by atoms with van der Waals surface area (Å²) in [6.07, 6.45) is 2.15. The van der Waals surface area contributed by atoms with Crippen molar-refractivity contribution in [3.63, 3.8) is 0 Å². The topological polar surface area (TPSA) is 44.8 Å². The second-order valence-corrected chi connectivity index (χ2v) is 5.43. The highest BCUT2D eigenvalue weighted by Gasteiger charge is 2.10. The smallest absolute Gasteiger partial charge is 0.156 e. The molecule has 0 aromatic heterocycles. The second-order valence-electron chi connectivity index (χ2n) is 3.61. The molecule has 1 aromatic carbocycles. The van der Waals surface area contributed by atoms with Gasteiger partial charge in [-0.05, 0) is 6.08 Å². The predicted octanol–water partition coefficient (Wildman–Crippen LogP) is 4.29. The van der Waals surface area contributed by atoms with Gasteiger partial charge >= 0.3 is 0 Å². The molecule has 0 amide bonds. The molecule has 0 spiro atoms. The van der Waals surface area contributed by atoms with Crippen molar-refractivity contribution in [3.8, 4) is 11.5 Å². The molecule has 8 heteroatoms. The van der Waals surface area contributed by atoms with Crippen molar-refractivity contribution in [3.05, 3.63) is 32.7 Å². The van der Waals surface area contributed by atoms with Crippen molar-refractivity contribution in [2.45, 2.75) is 0 Å². The summed E-state index contributed by atoms with van der Waals surface area (Å²) in [6.45, 7) is 0.684. The molecule has 0 aliphatic heterocycles. The highest BCUT2D eigenvalue weighted by Crippen LogP contribution is 2.36. The van der Waals surface area contributed by atoms with Crippen LogP contribution in [0.15, 0.2) is 22.7 Å². The summed E-state index contributed by atoms with van der Waals surface area (Å²) in [5, 5.41) is 0.600. The first-order valence-corrected chi connectivity index (χ1v) is 7.33. The molecule has 0 N–H and O–H groups in total. The minimum absolute atomic E-state index is 0.0221. The number of halogens is 4. The van der Waals surface area contributed by atoms with E-state index in [-0.39, 0.29) is 30.9 Å². The zero-order valence-corrected chi connectivity index (χ0v) is 13.8. The van der Waals surface area contributed by atoms with Crippen LogP contribution in [-0.2, 0) is 9.53 Å². The van der Waals surface area contributed by atoms with Crippen LogP contribution in [0.1, 0.15) is 0 Å². The van der Waals surface area contributed by atoms with Gasteiger partial charge in [0.15, 0.2) is 5.75 Å². The van der Waals surface area contributed by atoms with Gasteiger partial charge in [-0.3, -0.25) is 0 Å². The molecule has 0 fully saturated rings. The van der Waals surface area contributed by atoms with Crippen LogP contribution in [0, 0.1) is 0 Å². The molecule has 4 nitrogen and oxygen atoms in total. The van der Waals surface area contributed by atoms with Crippen molar-refractivity contribution in [2.75, 3.05) is 26.4 Å². The van der Waals surface area contributed by atoms with Crippen LogP contribution in [0.2, 0.25) is 10.0 Å². The summed E-state index contributed by atoms with van der Waals surface area (Å²) >= 11 is 23.1. The molecule has 0 saturated heterocycles. The number of carbonyl (C=O) groups is 1. The molecule has 0 unspecified atom stereocenters. The average molecular weight is 374 g/mol. The van der Waals surface area contributed by atoms with Gasteiger partial charge in [-0.15, -0.1) is 0 Å². The van der Waals surface area contributed by atoms with E-state index in [1.165, 1.54) is 6.08 Å². The third-order valence-corrected chi connectivity index (χ3v) is 2.99. The Balaban J connectivity index is 2.58. The fraction of sp³-hybridized carbons (Fsp3) is 0.308. The summed E-state index contributed by atoms with van der Waals surface area (Å²) in [6, 6.07) is 3.12. The molecule has 1 rings (SSSR count). The molecular weight excluding hydrogens is 362 g/mol. The molecule has 0 radical (unpaired) electrons. The quantitative estimate of drug-likeness (QED) is 0.478. The van der Waals surface area contributed by atoms with Crippen molar-refractivity contribution in [1.82, 2.24) is 0 Å². The van der Waals surface area contributed by atoms with E-state index in [1.807, 2.05) is 0 Å². The van der Waals surface area contributed by atoms with Crippen LogP contribution in [-0.4, -0.2) is 32.7 Å². The van der Waals surface area contributed by atoms with E-state index in [2.05, 4.69) is 0 Å². The minimum atomic E-state index is 0.0221. The lowest BCUT2D eigenvalue weighted by Crippen LogP contribution is -2.08. The van der Waals surface area contributed by atoms with Crippen LogP contribution in [0.3, 0.4) is 0 Å². The summed E-state index contributed by atoms with van der Waals surface area (Å²) in [4.78, 5) is 10.1. The van der Waals surface area contributed by atoms with Crippen molar-refractivity contribution >= 4 is 52.7 Å². The summed E-state index contributed by atoms with van der Waals surface area (Å²) in [5.74, 6) is 0.784. The molecular formula is C13H12Cl4O4. The third-order valence-electron chi connectivity index (χ3n) is 2.12. The van der Waals surface area contributed by atoms with Gasteiger partial charge in [-0.1, -0.05) is 46.4 Å². The van der Waals surface area contributed by atoms with Gasteiger partial charge < -0.3 is 19.0 Å². The first-order valence-electron chi connectivity index (χ1n) is 5.81. The van der Waals surface area contributed by atoms with Crippen molar-refractivity contribution in [1.29, 1.82) is 0 Å². The maximum absolute atomic E-state index is 10.1. The summed E-state index contributed by atoms with van der Waals surface area (Å²) < 4.78 is 15.8.